The van der Waals surface area contributed by atoms with Crippen molar-refractivity contribution in [3.05, 3.63) is 92.6 Å². The fourth-order valence-corrected chi connectivity index (χ4v) is 3.82. The zero-order chi connectivity index (χ0) is 24.1. The summed E-state index contributed by atoms with van der Waals surface area (Å²) in [4.78, 5) is 12.4. The van der Waals surface area contributed by atoms with Crippen molar-refractivity contribution in [2.75, 3.05) is 6.61 Å². The Labute approximate surface area is 210 Å². The quantitative estimate of drug-likeness (QED) is 0.195. The van der Waals surface area contributed by atoms with Gasteiger partial charge in [0.1, 0.15) is 12.2 Å². The minimum atomic E-state index is -0.470. The van der Waals surface area contributed by atoms with E-state index in [1.807, 2.05) is 44.2 Å². The Balaban J connectivity index is 1.46. The first-order chi connectivity index (χ1) is 16.4. The molecule has 0 aliphatic carbocycles. The SMILES string of the molecule is CCOc1cc(/C=N/NC(=O)c2cc3cc(Cl)ccc3o2)c(Br)cc1OCc1ccc(C)cc1. The second kappa shape index (κ2) is 10.8. The molecule has 0 bridgehead atoms. The molecule has 4 rings (SSSR count). The van der Waals surface area contributed by atoms with Gasteiger partial charge in [-0.05, 0) is 71.7 Å². The van der Waals surface area contributed by atoms with Gasteiger partial charge in [0.05, 0.1) is 12.8 Å². The van der Waals surface area contributed by atoms with Gasteiger partial charge >= 0.3 is 5.91 Å². The van der Waals surface area contributed by atoms with Gasteiger partial charge in [-0.1, -0.05) is 41.4 Å². The van der Waals surface area contributed by atoms with Crippen molar-refractivity contribution in [2.24, 2.45) is 5.10 Å². The average Bonchev–Trinajstić information content (AvgIpc) is 3.24. The Bertz CT molecular complexity index is 1350. The normalized spacial score (nSPS) is 11.2. The van der Waals surface area contributed by atoms with Crippen LogP contribution < -0.4 is 14.9 Å². The maximum absolute atomic E-state index is 12.4. The van der Waals surface area contributed by atoms with E-state index in [-0.39, 0.29) is 5.76 Å². The highest BCUT2D eigenvalue weighted by molar-refractivity contribution is 9.10. The van der Waals surface area contributed by atoms with Gasteiger partial charge in [-0.15, -0.1) is 0 Å². The Hall–Kier alpha value is -3.29. The van der Waals surface area contributed by atoms with Gasteiger partial charge in [-0.2, -0.15) is 5.10 Å². The van der Waals surface area contributed by atoms with E-state index < -0.39 is 5.91 Å². The molecule has 1 amide bonds. The van der Waals surface area contributed by atoms with Crippen LogP contribution in [-0.4, -0.2) is 18.7 Å². The van der Waals surface area contributed by atoms with Gasteiger partial charge in [0.25, 0.3) is 0 Å². The molecule has 0 radical (unpaired) electrons. The molecule has 0 fully saturated rings. The van der Waals surface area contributed by atoms with E-state index in [4.69, 9.17) is 25.5 Å². The van der Waals surface area contributed by atoms with Crippen LogP contribution in [0.15, 0.2) is 74.7 Å². The second-order valence-electron chi connectivity index (χ2n) is 7.52. The number of furan rings is 1. The number of carbonyl (C=O) groups is 1. The van der Waals surface area contributed by atoms with E-state index in [9.17, 15) is 4.79 Å². The molecule has 174 valence electrons. The molecule has 3 aromatic carbocycles. The molecule has 0 aliphatic rings. The first-order valence-electron chi connectivity index (χ1n) is 10.6. The van der Waals surface area contributed by atoms with Gasteiger partial charge < -0.3 is 13.9 Å². The van der Waals surface area contributed by atoms with Crippen LogP contribution in [0.25, 0.3) is 11.0 Å². The topological polar surface area (TPSA) is 73.1 Å². The standard InChI is InChI=1S/C26H22BrClN2O4/c1-3-32-23-12-19(21(27)13-24(23)33-15-17-6-4-16(2)5-7-17)14-29-30-26(31)25-11-18-10-20(28)8-9-22(18)34-25/h4-14H,3,15H2,1-2H3,(H,30,31)/b29-14+. The van der Waals surface area contributed by atoms with Crippen LogP contribution in [0.5, 0.6) is 11.5 Å². The summed E-state index contributed by atoms with van der Waals surface area (Å²) in [6, 6.07) is 18.6. The first kappa shape index (κ1) is 23.9. The Morgan fingerprint density at radius 2 is 1.85 bits per heavy atom. The number of amides is 1. The van der Waals surface area contributed by atoms with E-state index in [0.29, 0.717) is 40.9 Å². The number of benzene rings is 3. The molecule has 34 heavy (non-hydrogen) atoms. The van der Waals surface area contributed by atoms with Crippen molar-refractivity contribution in [2.45, 2.75) is 20.5 Å². The number of hydrazone groups is 1. The molecule has 1 aromatic heterocycles. The third kappa shape index (κ3) is 5.79. The zero-order valence-electron chi connectivity index (χ0n) is 18.6. The van der Waals surface area contributed by atoms with Crippen molar-refractivity contribution in [1.82, 2.24) is 5.43 Å². The lowest BCUT2D eigenvalue weighted by Gasteiger charge is -2.14. The Morgan fingerprint density at radius 3 is 2.62 bits per heavy atom. The number of hydrogen-bond acceptors (Lipinski definition) is 5. The minimum Gasteiger partial charge on any atom is -0.490 e. The highest BCUT2D eigenvalue weighted by Crippen LogP contribution is 2.34. The van der Waals surface area contributed by atoms with Crippen molar-refractivity contribution in [3.63, 3.8) is 0 Å². The second-order valence-corrected chi connectivity index (χ2v) is 8.81. The summed E-state index contributed by atoms with van der Waals surface area (Å²) in [7, 11) is 0. The molecule has 0 atom stereocenters. The Kier molecular flexibility index (Phi) is 7.55. The number of ether oxygens (including phenoxy) is 2. The maximum atomic E-state index is 12.4. The predicted molar refractivity (Wildman–Crippen MR) is 137 cm³/mol. The molecule has 6 nitrogen and oxygen atoms in total. The summed E-state index contributed by atoms with van der Waals surface area (Å²) in [5.41, 5.74) is 6.02. The summed E-state index contributed by atoms with van der Waals surface area (Å²) in [6.45, 7) is 4.84. The fourth-order valence-electron chi connectivity index (χ4n) is 3.22. The number of rotatable bonds is 8. The van der Waals surface area contributed by atoms with E-state index >= 15 is 0 Å². The summed E-state index contributed by atoms with van der Waals surface area (Å²) >= 11 is 9.53. The lowest BCUT2D eigenvalue weighted by molar-refractivity contribution is 0.0929. The highest BCUT2D eigenvalue weighted by atomic mass is 79.9. The lowest BCUT2D eigenvalue weighted by Crippen LogP contribution is -2.16. The molecule has 0 unspecified atom stereocenters. The molecule has 0 saturated carbocycles. The molecule has 4 aromatic rings. The van der Waals surface area contributed by atoms with Crippen molar-refractivity contribution < 1.29 is 18.7 Å². The van der Waals surface area contributed by atoms with Crippen molar-refractivity contribution in [3.8, 4) is 11.5 Å². The lowest BCUT2D eigenvalue weighted by atomic mass is 10.1. The third-order valence-electron chi connectivity index (χ3n) is 4.95. The summed E-state index contributed by atoms with van der Waals surface area (Å²) in [5, 5.41) is 5.37. The largest absolute Gasteiger partial charge is 0.490 e. The Morgan fingerprint density at radius 1 is 1.09 bits per heavy atom. The molecular weight excluding hydrogens is 520 g/mol. The van der Waals surface area contributed by atoms with Gasteiger partial charge in [0.2, 0.25) is 0 Å². The van der Waals surface area contributed by atoms with Crippen LogP contribution >= 0.6 is 27.5 Å². The predicted octanol–water partition coefficient (Wildman–Crippen LogP) is 6.90. The molecule has 0 spiro atoms. The number of aryl methyl sites for hydroxylation is 1. The van der Waals surface area contributed by atoms with Crippen molar-refractivity contribution in [1.29, 1.82) is 0 Å². The van der Waals surface area contributed by atoms with Gasteiger partial charge in [-0.25, -0.2) is 5.43 Å². The fraction of sp³-hybridized carbons (Fsp3) is 0.154. The average molecular weight is 542 g/mol. The molecular formula is C26H22BrClN2O4. The zero-order valence-corrected chi connectivity index (χ0v) is 20.9. The number of nitrogens with one attached hydrogen (secondary N) is 1. The number of nitrogens with zero attached hydrogens (tertiary/aromatic N) is 1. The molecule has 1 N–H and O–H groups in total. The molecule has 1 heterocycles. The summed E-state index contributed by atoms with van der Waals surface area (Å²) in [6.07, 6.45) is 1.52. The van der Waals surface area contributed by atoms with Gasteiger partial charge in [-0.3, -0.25) is 4.79 Å². The van der Waals surface area contributed by atoms with Crippen LogP contribution in [0.3, 0.4) is 0 Å². The maximum Gasteiger partial charge on any atom is 0.307 e. The number of hydrogen-bond donors (Lipinski definition) is 1. The third-order valence-corrected chi connectivity index (χ3v) is 5.87. The number of halogens is 2. The summed E-state index contributed by atoms with van der Waals surface area (Å²) < 4.78 is 18.1. The summed E-state index contributed by atoms with van der Waals surface area (Å²) in [5.74, 6) is 0.863. The van der Waals surface area contributed by atoms with Crippen LogP contribution in [0, 0.1) is 6.92 Å². The van der Waals surface area contributed by atoms with E-state index in [1.54, 1.807) is 30.3 Å². The van der Waals surface area contributed by atoms with E-state index in [0.717, 1.165) is 15.4 Å². The number of fused-ring (bicyclic) bond motifs is 1. The van der Waals surface area contributed by atoms with E-state index in [2.05, 4.69) is 26.5 Å². The molecule has 0 aliphatic heterocycles. The van der Waals surface area contributed by atoms with Crippen LogP contribution in [0.4, 0.5) is 0 Å². The molecule has 0 saturated heterocycles. The van der Waals surface area contributed by atoms with E-state index in [1.165, 1.54) is 11.8 Å². The van der Waals surface area contributed by atoms with Crippen LogP contribution in [0.2, 0.25) is 5.02 Å². The smallest absolute Gasteiger partial charge is 0.307 e. The van der Waals surface area contributed by atoms with Crippen LogP contribution in [-0.2, 0) is 6.61 Å². The van der Waals surface area contributed by atoms with Crippen LogP contribution in [0.1, 0.15) is 34.2 Å². The van der Waals surface area contributed by atoms with Gasteiger partial charge in [0.15, 0.2) is 17.3 Å². The first-order valence-corrected chi connectivity index (χ1v) is 11.8. The number of carbonyl (C=O) groups excluding carboxylic acids is 1. The van der Waals surface area contributed by atoms with Gasteiger partial charge in [0, 0.05) is 20.4 Å². The minimum absolute atomic E-state index is 0.142. The highest BCUT2D eigenvalue weighted by Gasteiger charge is 2.13. The monoisotopic (exact) mass is 540 g/mol. The van der Waals surface area contributed by atoms with Crippen molar-refractivity contribution >= 4 is 50.6 Å². The molecule has 8 heteroatoms.